The van der Waals surface area contributed by atoms with Crippen molar-refractivity contribution in [1.82, 2.24) is 0 Å². The van der Waals surface area contributed by atoms with Crippen LogP contribution in [0.25, 0.3) is 0 Å². The highest BCUT2D eigenvalue weighted by Crippen LogP contribution is 2.15. The van der Waals surface area contributed by atoms with Gasteiger partial charge in [-0.25, -0.2) is 0 Å². The minimum absolute atomic E-state index is 0.898. The molecule has 2 atom stereocenters. The van der Waals surface area contributed by atoms with E-state index in [1.165, 1.54) is 44.9 Å². The second-order valence-corrected chi connectivity index (χ2v) is 4.90. The van der Waals surface area contributed by atoms with Crippen LogP contribution in [0.5, 0.6) is 0 Å². The van der Waals surface area contributed by atoms with Crippen LogP contribution in [-0.4, -0.2) is 7.85 Å². The summed E-state index contributed by atoms with van der Waals surface area (Å²) in [5.74, 6) is 1.85. The van der Waals surface area contributed by atoms with Crippen LogP contribution in [-0.2, 0) is 0 Å². The van der Waals surface area contributed by atoms with Crippen LogP contribution in [0, 0.1) is 5.92 Å². The maximum Gasteiger partial charge on any atom is 0.105 e. The van der Waals surface area contributed by atoms with E-state index in [4.69, 9.17) is 0 Å². The molecule has 0 N–H and O–H groups in total. The Bertz CT molecular complexity index is 99.3. The molecular weight excluding hydrogens is 155 g/mol. The normalized spacial score (nSPS) is 15.6. The van der Waals surface area contributed by atoms with E-state index in [0.29, 0.717) is 0 Å². The Labute approximate surface area is 85.9 Å². The highest BCUT2D eigenvalue weighted by Gasteiger charge is 1.98. The Morgan fingerprint density at radius 3 is 1.92 bits per heavy atom. The zero-order valence-electron chi connectivity index (χ0n) is 10.1. The molecule has 0 fully saturated rings. The highest BCUT2D eigenvalue weighted by molar-refractivity contribution is 6.11. The van der Waals surface area contributed by atoms with Crippen LogP contribution in [0.2, 0.25) is 5.82 Å². The molecule has 0 heterocycles. The molecule has 0 saturated carbocycles. The smallest absolute Gasteiger partial charge is 0.0725 e. The quantitative estimate of drug-likeness (QED) is 0.395. The lowest BCUT2D eigenvalue weighted by molar-refractivity contribution is 0.472. The molecule has 0 spiro atoms. The van der Waals surface area contributed by atoms with Crippen LogP contribution >= 0.6 is 0 Å². The van der Waals surface area contributed by atoms with Gasteiger partial charge in [0.05, 0.1) is 0 Å². The Kier molecular flexibility index (Phi) is 8.70. The molecule has 0 nitrogen and oxygen atoms in total. The van der Waals surface area contributed by atoms with Crippen molar-refractivity contribution >= 4 is 7.85 Å². The molecule has 0 aromatic heterocycles. The number of unbranched alkanes of at least 4 members (excludes halogenated alkanes) is 3. The van der Waals surface area contributed by atoms with E-state index >= 15 is 0 Å². The average molecular weight is 182 g/mol. The summed E-state index contributed by atoms with van der Waals surface area (Å²) >= 11 is 0. The third kappa shape index (κ3) is 9.98. The standard InChI is InChI=1S/C12H27B/c1-4-11(2)9-7-5-6-8-10-12(3)13/h11-12H,4-10,13H2,1-3H3. The highest BCUT2D eigenvalue weighted by atomic mass is 14.0. The maximum atomic E-state index is 2.37. The van der Waals surface area contributed by atoms with Crippen molar-refractivity contribution < 1.29 is 0 Å². The second-order valence-electron chi connectivity index (χ2n) is 4.90. The van der Waals surface area contributed by atoms with E-state index in [1.807, 2.05) is 0 Å². The maximum absolute atomic E-state index is 2.37. The van der Waals surface area contributed by atoms with Crippen molar-refractivity contribution in [3.05, 3.63) is 0 Å². The van der Waals surface area contributed by atoms with E-state index in [1.54, 1.807) is 0 Å². The van der Waals surface area contributed by atoms with Crippen LogP contribution in [0.1, 0.15) is 65.7 Å². The van der Waals surface area contributed by atoms with Crippen molar-refractivity contribution in [2.75, 3.05) is 0 Å². The first-order valence-corrected chi connectivity index (χ1v) is 6.16. The summed E-state index contributed by atoms with van der Waals surface area (Å²) in [5.41, 5.74) is 0. The summed E-state index contributed by atoms with van der Waals surface area (Å²) in [7, 11) is 2.32. The molecule has 0 bridgehead atoms. The SMILES string of the molecule is BC(C)CCCCCCC(C)CC. The van der Waals surface area contributed by atoms with Gasteiger partial charge in [-0.1, -0.05) is 71.5 Å². The van der Waals surface area contributed by atoms with E-state index < -0.39 is 0 Å². The fourth-order valence-corrected chi connectivity index (χ4v) is 1.60. The van der Waals surface area contributed by atoms with Gasteiger partial charge in [0.1, 0.15) is 7.85 Å². The summed E-state index contributed by atoms with van der Waals surface area (Å²) in [4.78, 5) is 0. The lowest BCUT2D eigenvalue weighted by Gasteiger charge is -2.08. The van der Waals surface area contributed by atoms with Crippen molar-refractivity contribution in [2.24, 2.45) is 5.92 Å². The van der Waals surface area contributed by atoms with Gasteiger partial charge in [-0.3, -0.25) is 0 Å². The molecule has 2 unspecified atom stereocenters. The summed E-state index contributed by atoms with van der Waals surface area (Å²) in [6, 6.07) is 0. The van der Waals surface area contributed by atoms with Crippen LogP contribution < -0.4 is 0 Å². The van der Waals surface area contributed by atoms with Gasteiger partial charge in [0, 0.05) is 0 Å². The van der Waals surface area contributed by atoms with Crippen molar-refractivity contribution in [3.8, 4) is 0 Å². The zero-order valence-corrected chi connectivity index (χ0v) is 10.1. The van der Waals surface area contributed by atoms with E-state index in [-0.39, 0.29) is 0 Å². The molecule has 0 aliphatic heterocycles. The summed E-state index contributed by atoms with van der Waals surface area (Å²) in [5, 5.41) is 0. The number of hydrogen-bond acceptors (Lipinski definition) is 0. The van der Waals surface area contributed by atoms with Gasteiger partial charge < -0.3 is 0 Å². The van der Waals surface area contributed by atoms with Gasteiger partial charge in [0.2, 0.25) is 0 Å². The van der Waals surface area contributed by atoms with Crippen LogP contribution in [0.4, 0.5) is 0 Å². The minimum Gasteiger partial charge on any atom is -0.0725 e. The Morgan fingerprint density at radius 2 is 1.46 bits per heavy atom. The van der Waals surface area contributed by atoms with Crippen molar-refractivity contribution in [2.45, 2.75) is 71.5 Å². The topological polar surface area (TPSA) is 0 Å². The predicted molar refractivity (Wildman–Crippen MR) is 65.1 cm³/mol. The molecule has 0 saturated heterocycles. The Morgan fingerprint density at radius 1 is 0.923 bits per heavy atom. The summed E-state index contributed by atoms with van der Waals surface area (Å²) < 4.78 is 0. The van der Waals surface area contributed by atoms with Crippen molar-refractivity contribution in [3.63, 3.8) is 0 Å². The molecule has 0 rings (SSSR count). The number of rotatable bonds is 8. The molecule has 1 heteroatoms. The first-order valence-electron chi connectivity index (χ1n) is 6.16. The molecule has 78 valence electrons. The largest absolute Gasteiger partial charge is 0.105 e. The van der Waals surface area contributed by atoms with E-state index in [0.717, 1.165) is 11.7 Å². The Hall–Kier alpha value is 0.0649. The molecule has 0 radical (unpaired) electrons. The fraction of sp³-hybridized carbons (Fsp3) is 1.00. The van der Waals surface area contributed by atoms with Gasteiger partial charge in [0.15, 0.2) is 0 Å². The predicted octanol–water partition coefficient (Wildman–Crippen LogP) is 3.81. The molecule has 0 aliphatic carbocycles. The molecule has 0 aliphatic rings. The van der Waals surface area contributed by atoms with Gasteiger partial charge in [-0.15, -0.1) is 0 Å². The lowest BCUT2D eigenvalue weighted by atomic mass is 9.85. The third-order valence-corrected chi connectivity index (χ3v) is 2.93. The molecule has 0 aromatic rings. The fourth-order valence-electron chi connectivity index (χ4n) is 1.60. The monoisotopic (exact) mass is 182 g/mol. The van der Waals surface area contributed by atoms with E-state index in [9.17, 15) is 0 Å². The summed E-state index contributed by atoms with van der Waals surface area (Å²) in [6.45, 7) is 6.98. The molecule has 0 aromatic carbocycles. The van der Waals surface area contributed by atoms with E-state index in [2.05, 4.69) is 28.6 Å². The van der Waals surface area contributed by atoms with Crippen LogP contribution in [0.15, 0.2) is 0 Å². The minimum atomic E-state index is 0.898. The average Bonchev–Trinajstić information content (AvgIpc) is 2.10. The number of hydrogen-bond donors (Lipinski definition) is 0. The van der Waals surface area contributed by atoms with Gasteiger partial charge >= 0.3 is 0 Å². The zero-order chi connectivity index (χ0) is 10.1. The molecular formula is C12H27B. The first-order chi connectivity index (χ1) is 6.16. The molecule has 13 heavy (non-hydrogen) atoms. The van der Waals surface area contributed by atoms with Gasteiger partial charge in [-0.2, -0.15) is 0 Å². The van der Waals surface area contributed by atoms with Gasteiger partial charge in [0.25, 0.3) is 0 Å². The van der Waals surface area contributed by atoms with Crippen molar-refractivity contribution in [1.29, 1.82) is 0 Å². The van der Waals surface area contributed by atoms with Gasteiger partial charge in [-0.05, 0) is 5.92 Å². The first kappa shape index (κ1) is 13.1. The van der Waals surface area contributed by atoms with Crippen LogP contribution in [0.3, 0.4) is 0 Å². The second kappa shape index (κ2) is 8.65. The molecule has 0 amide bonds. The lowest BCUT2D eigenvalue weighted by Crippen LogP contribution is -1.92. The summed E-state index contributed by atoms with van der Waals surface area (Å²) in [6.07, 6.45) is 10.0. The Balaban J connectivity index is 2.99. The third-order valence-electron chi connectivity index (χ3n) is 2.93.